The Hall–Kier alpha value is -0.790. The molecule has 18 heavy (non-hydrogen) atoms. The maximum absolute atomic E-state index is 11.6. The molecule has 1 aliphatic heterocycles. The normalized spacial score (nSPS) is 19.2. The van der Waals surface area contributed by atoms with Crippen LogP contribution in [0.15, 0.2) is 0 Å². The van der Waals surface area contributed by atoms with Gasteiger partial charge in [-0.1, -0.05) is 0 Å². The summed E-state index contributed by atoms with van der Waals surface area (Å²) in [6.07, 6.45) is 0. The largest absolute Gasteiger partial charge is 0.387 e. The number of carbonyl (C=O) groups is 2. The zero-order valence-electron chi connectivity index (χ0n) is 11.1. The Morgan fingerprint density at radius 3 is 2.78 bits per heavy atom. The van der Waals surface area contributed by atoms with Gasteiger partial charge in [-0.05, 0) is 21.0 Å². The molecule has 1 fully saturated rings. The highest BCUT2D eigenvalue weighted by atomic mass is 32.2. The molecule has 0 aliphatic carbocycles. The summed E-state index contributed by atoms with van der Waals surface area (Å²) in [7, 11) is 3.72. The number of nitrogens with one attached hydrogen (secondary N) is 1. The summed E-state index contributed by atoms with van der Waals surface area (Å²) < 4.78 is 0. The van der Waals surface area contributed by atoms with Crippen molar-refractivity contribution in [3.05, 3.63) is 0 Å². The molecule has 0 bridgehead atoms. The van der Waals surface area contributed by atoms with Gasteiger partial charge >= 0.3 is 0 Å². The Kier molecular flexibility index (Phi) is 5.43. The van der Waals surface area contributed by atoms with Crippen LogP contribution in [0.3, 0.4) is 0 Å². The van der Waals surface area contributed by atoms with Crippen LogP contribution in [0, 0.1) is 0 Å². The van der Waals surface area contributed by atoms with E-state index >= 15 is 0 Å². The number of aliphatic hydroxyl groups is 1. The quantitative estimate of drug-likeness (QED) is 0.647. The molecular weight excluding hydrogens is 254 g/mol. The molecule has 7 heteroatoms. The van der Waals surface area contributed by atoms with Gasteiger partial charge in [0.1, 0.15) is 6.54 Å². The predicted octanol–water partition coefficient (Wildman–Crippen LogP) is -1.05. The van der Waals surface area contributed by atoms with Gasteiger partial charge in [0, 0.05) is 13.1 Å². The van der Waals surface area contributed by atoms with Crippen molar-refractivity contribution in [3.8, 4) is 0 Å². The smallest absolute Gasteiger partial charge is 0.239 e. The summed E-state index contributed by atoms with van der Waals surface area (Å²) in [5, 5.41) is 12.7. The average molecular weight is 275 g/mol. The number of nitrogens with zero attached hydrogens (tertiary/aromatic N) is 2. The summed E-state index contributed by atoms with van der Waals surface area (Å²) in [5.74, 6) is 0.784. The first-order chi connectivity index (χ1) is 8.30. The van der Waals surface area contributed by atoms with E-state index in [2.05, 4.69) is 5.32 Å². The lowest BCUT2D eigenvalue weighted by atomic mass is 10.1. The van der Waals surface area contributed by atoms with Crippen molar-refractivity contribution in [3.63, 3.8) is 0 Å². The standard InChI is InChI=1S/C11H21N3O3S/c1-11(17,7-13(2)3)6-12-9(15)4-14-8-18-5-10(14)16/h17H,4-8H2,1-3H3,(H,12,15). The van der Waals surface area contributed by atoms with Crippen LogP contribution in [0.4, 0.5) is 0 Å². The van der Waals surface area contributed by atoms with Crippen LogP contribution in [0.2, 0.25) is 0 Å². The monoisotopic (exact) mass is 275 g/mol. The summed E-state index contributed by atoms with van der Waals surface area (Å²) in [4.78, 5) is 26.3. The molecule has 1 atom stereocenters. The fourth-order valence-electron chi connectivity index (χ4n) is 1.80. The van der Waals surface area contributed by atoms with Gasteiger partial charge in [0.2, 0.25) is 11.8 Å². The van der Waals surface area contributed by atoms with Crippen LogP contribution in [-0.2, 0) is 9.59 Å². The first kappa shape index (κ1) is 15.3. The van der Waals surface area contributed by atoms with Gasteiger partial charge in [-0.15, -0.1) is 11.8 Å². The molecule has 0 aromatic heterocycles. The van der Waals surface area contributed by atoms with Crippen molar-refractivity contribution in [2.75, 3.05) is 45.4 Å². The first-order valence-corrected chi connectivity index (χ1v) is 6.95. The SMILES string of the molecule is CN(C)CC(C)(O)CNC(=O)CN1CSCC1=O. The zero-order chi connectivity index (χ0) is 13.8. The number of rotatable bonds is 6. The molecule has 0 radical (unpaired) electrons. The van der Waals surface area contributed by atoms with E-state index in [1.165, 1.54) is 16.7 Å². The van der Waals surface area contributed by atoms with Gasteiger partial charge in [-0.25, -0.2) is 0 Å². The van der Waals surface area contributed by atoms with Crippen molar-refractivity contribution in [1.82, 2.24) is 15.1 Å². The molecule has 6 nitrogen and oxygen atoms in total. The molecule has 1 unspecified atom stereocenters. The molecular formula is C11H21N3O3S. The molecule has 1 rings (SSSR count). The Morgan fingerprint density at radius 2 is 2.28 bits per heavy atom. The minimum atomic E-state index is -0.969. The number of hydrogen-bond acceptors (Lipinski definition) is 5. The van der Waals surface area contributed by atoms with E-state index < -0.39 is 5.60 Å². The number of thioether (sulfide) groups is 1. The number of carbonyl (C=O) groups excluding carboxylic acids is 2. The minimum absolute atomic E-state index is 0.00444. The Bertz CT molecular complexity index is 321. The molecule has 104 valence electrons. The van der Waals surface area contributed by atoms with E-state index in [4.69, 9.17) is 0 Å². The summed E-state index contributed by atoms with van der Waals surface area (Å²) in [6.45, 7) is 2.39. The third kappa shape index (κ3) is 5.24. The van der Waals surface area contributed by atoms with Crippen LogP contribution in [0.25, 0.3) is 0 Å². The van der Waals surface area contributed by atoms with Crippen molar-refractivity contribution >= 4 is 23.6 Å². The third-order valence-corrected chi connectivity index (χ3v) is 3.43. The highest BCUT2D eigenvalue weighted by Crippen LogP contribution is 2.13. The van der Waals surface area contributed by atoms with Crippen LogP contribution >= 0.6 is 11.8 Å². The van der Waals surface area contributed by atoms with Gasteiger partial charge in [0.05, 0.1) is 17.2 Å². The van der Waals surface area contributed by atoms with Gasteiger partial charge in [-0.2, -0.15) is 0 Å². The lowest BCUT2D eigenvalue weighted by Crippen LogP contribution is -2.49. The Morgan fingerprint density at radius 1 is 1.61 bits per heavy atom. The fraction of sp³-hybridized carbons (Fsp3) is 0.818. The van der Waals surface area contributed by atoms with Gasteiger partial charge < -0.3 is 20.2 Å². The van der Waals surface area contributed by atoms with E-state index in [1.807, 2.05) is 19.0 Å². The topological polar surface area (TPSA) is 72.9 Å². The van der Waals surface area contributed by atoms with E-state index in [9.17, 15) is 14.7 Å². The number of hydrogen-bond donors (Lipinski definition) is 2. The second kappa shape index (κ2) is 6.40. The summed E-state index contributed by atoms with van der Waals surface area (Å²) in [6, 6.07) is 0. The second-order valence-electron chi connectivity index (χ2n) is 5.08. The molecule has 1 heterocycles. The molecule has 0 aromatic rings. The van der Waals surface area contributed by atoms with E-state index in [0.717, 1.165) is 0 Å². The van der Waals surface area contributed by atoms with Crippen LogP contribution in [0.1, 0.15) is 6.92 Å². The molecule has 1 saturated heterocycles. The summed E-state index contributed by atoms with van der Waals surface area (Å²) in [5.41, 5.74) is -0.969. The highest BCUT2D eigenvalue weighted by molar-refractivity contribution is 8.00. The predicted molar refractivity (Wildman–Crippen MR) is 71.2 cm³/mol. The van der Waals surface area contributed by atoms with Gasteiger partial charge in [-0.3, -0.25) is 9.59 Å². The van der Waals surface area contributed by atoms with Gasteiger partial charge in [0.15, 0.2) is 0 Å². The number of likely N-dealkylation sites (N-methyl/N-ethyl adjacent to an activating group) is 1. The lowest BCUT2D eigenvalue weighted by molar-refractivity contribution is -0.132. The highest BCUT2D eigenvalue weighted by Gasteiger charge is 2.25. The second-order valence-corrected chi connectivity index (χ2v) is 6.04. The maximum atomic E-state index is 11.6. The molecule has 0 saturated carbocycles. The van der Waals surface area contributed by atoms with E-state index in [-0.39, 0.29) is 24.9 Å². The van der Waals surface area contributed by atoms with Crippen molar-refractivity contribution in [2.45, 2.75) is 12.5 Å². The van der Waals surface area contributed by atoms with Crippen molar-refractivity contribution in [1.29, 1.82) is 0 Å². The van der Waals surface area contributed by atoms with Crippen LogP contribution < -0.4 is 5.32 Å². The Labute approximate surface area is 112 Å². The summed E-state index contributed by atoms with van der Waals surface area (Å²) >= 11 is 1.50. The van der Waals surface area contributed by atoms with Gasteiger partial charge in [0.25, 0.3) is 0 Å². The van der Waals surface area contributed by atoms with Crippen LogP contribution in [0.5, 0.6) is 0 Å². The Balaban J connectivity index is 2.30. The number of amides is 2. The minimum Gasteiger partial charge on any atom is -0.387 e. The fourth-order valence-corrected chi connectivity index (χ4v) is 2.70. The molecule has 2 N–H and O–H groups in total. The van der Waals surface area contributed by atoms with Crippen molar-refractivity contribution in [2.24, 2.45) is 0 Å². The molecule has 2 amide bonds. The first-order valence-electron chi connectivity index (χ1n) is 5.79. The van der Waals surface area contributed by atoms with Crippen LogP contribution in [-0.4, -0.2) is 77.7 Å². The van der Waals surface area contributed by atoms with E-state index in [0.29, 0.717) is 18.2 Å². The zero-order valence-corrected chi connectivity index (χ0v) is 11.9. The van der Waals surface area contributed by atoms with E-state index in [1.54, 1.807) is 6.92 Å². The molecule has 1 aliphatic rings. The lowest BCUT2D eigenvalue weighted by Gasteiger charge is -2.27. The maximum Gasteiger partial charge on any atom is 0.239 e. The molecule has 0 spiro atoms. The third-order valence-electron chi connectivity index (χ3n) is 2.48. The van der Waals surface area contributed by atoms with Crippen molar-refractivity contribution < 1.29 is 14.7 Å². The average Bonchev–Trinajstić information content (AvgIpc) is 2.60. The molecule has 0 aromatic carbocycles.